The number of hydrogen-bond donors (Lipinski definition) is 2. The fourth-order valence-corrected chi connectivity index (χ4v) is 2.46. The van der Waals surface area contributed by atoms with Gasteiger partial charge in [0.1, 0.15) is 5.15 Å². The minimum Gasteiger partial charge on any atom is -0.397 e. The molecule has 2 heterocycles. The van der Waals surface area contributed by atoms with Crippen LogP contribution < -0.4 is 11.1 Å². The lowest BCUT2D eigenvalue weighted by atomic mass is 10.2. The molecule has 3 N–H and O–H groups in total. The topological polar surface area (TPSA) is 71.2 Å². The van der Waals surface area contributed by atoms with Crippen LogP contribution in [0.1, 0.15) is 30.1 Å². The highest BCUT2D eigenvalue weighted by molar-refractivity contribution is 6.32. The zero-order valence-corrected chi connectivity index (χ0v) is 11.8. The number of halogens is 1. The van der Waals surface area contributed by atoms with Crippen molar-refractivity contribution in [2.75, 3.05) is 25.4 Å². The van der Waals surface area contributed by atoms with Gasteiger partial charge in [0.25, 0.3) is 5.91 Å². The van der Waals surface area contributed by atoms with E-state index in [9.17, 15) is 4.79 Å². The Morgan fingerprint density at radius 1 is 1.58 bits per heavy atom. The number of amides is 1. The number of anilines is 1. The molecule has 1 aromatic rings. The van der Waals surface area contributed by atoms with Crippen molar-refractivity contribution in [3.63, 3.8) is 0 Å². The Balaban J connectivity index is 1.91. The summed E-state index contributed by atoms with van der Waals surface area (Å²) < 4.78 is 0. The number of hydrogen-bond acceptors (Lipinski definition) is 4. The lowest BCUT2D eigenvalue weighted by molar-refractivity contribution is 0.0940. The molecule has 104 valence electrons. The second-order valence-corrected chi connectivity index (χ2v) is 5.27. The van der Waals surface area contributed by atoms with Crippen molar-refractivity contribution in [2.24, 2.45) is 0 Å². The van der Waals surface area contributed by atoms with Gasteiger partial charge in [-0.3, -0.25) is 9.69 Å². The van der Waals surface area contributed by atoms with E-state index in [0.717, 1.165) is 13.1 Å². The van der Waals surface area contributed by atoms with Crippen LogP contribution in [0.25, 0.3) is 0 Å². The zero-order valence-electron chi connectivity index (χ0n) is 11.0. The molecule has 0 spiro atoms. The summed E-state index contributed by atoms with van der Waals surface area (Å²) in [7, 11) is 0. The van der Waals surface area contributed by atoms with Crippen LogP contribution in [0.5, 0.6) is 0 Å². The largest absolute Gasteiger partial charge is 0.397 e. The van der Waals surface area contributed by atoms with E-state index >= 15 is 0 Å². The molecular formula is C13H19ClN4O. The van der Waals surface area contributed by atoms with E-state index in [-0.39, 0.29) is 11.1 Å². The van der Waals surface area contributed by atoms with Crippen molar-refractivity contribution in [3.05, 3.63) is 23.0 Å². The van der Waals surface area contributed by atoms with Gasteiger partial charge in [0.15, 0.2) is 0 Å². The third-order valence-corrected chi connectivity index (χ3v) is 3.73. The molecule has 1 aromatic heterocycles. The Labute approximate surface area is 118 Å². The van der Waals surface area contributed by atoms with E-state index < -0.39 is 0 Å². The molecule has 0 radical (unpaired) electrons. The van der Waals surface area contributed by atoms with E-state index in [0.29, 0.717) is 23.8 Å². The predicted molar refractivity (Wildman–Crippen MR) is 76.3 cm³/mol. The fraction of sp³-hybridized carbons (Fsp3) is 0.538. The summed E-state index contributed by atoms with van der Waals surface area (Å²) in [6.45, 7) is 4.93. The number of carbonyl (C=O) groups is 1. The molecule has 1 amide bonds. The Kier molecular flexibility index (Phi) is 4.61. The first-order valence-corrected chi connectivity index (χ1v) is 6.89. The smallest absolute Gasteiger partial charge is 0.254 e. The average molecular weight is 283 g/mol. The van der Waals surface area contributed by atoms with Crippen LogP contribution >= 0.6 is 11.6 Å². The van der Waals surface area contributed by atoms with Gasteiger partial charge in [-0.1, -0.05) is 11.6 Å². The third kappa shape index (κ3) is 3.58. The van der Waals surface area contributed by atoms with Crippen molar-refractivity contribution in [1.29, 1.82) is 0 Å². The van der Waals surface area contributed by atoms with E-state index in [1.807, 2.05) is 0 Å². The van der Waals surface area contributed by atoms with Gasteiger partial charge in [-0.15, -0.1) is 0 Å². The Morgan fingerprint density at radius 2 is 2.26 bits per heavy atom. The number of carbonyl (C=O) groups excluding carboxylic acids is 1. The highest BCUT2D eigenvalue weighted by atomic mass is 35.5. The molecule has 5 nitrogen and oxygen atoms in total. The molecule has 6 heteroatoms. The normalized spacial score (nSPS) is 17.4. The molecule has 2 rings (SSSR count). The number of nitrogens with one attached hydrogen (secondary N) is 1. The third-order valence-electron chi connectivity index (χ3n) is 3.43. The molecule has 0 aromatic carbocycles. The first-order valence-electron chi connectivity index (χ1n) is 6.51. The number of rotatable bonds is 4. The number of aromatic nitrogens is 1. The average Bonchev–Trinajstić information content (AvgIpc) is 2.92. The van der Waals surface area contributed by atoms with Crippen LogP contribution in [0.3, 0.4) is 0 Å². The van der Waals surface area contributed by atoms with Crippen LogP contribution in [0, 0.1) is 0 Å². The van der Waals surface area contributed by atoms with Crippen molar-refractivity contribution < 1.29 is 4.79 Å². The maximum atomic E-state index is 12.0. The number of nitrogen functional groups attached to an aromatic ring is 1. The maximum absolute atomic E-state index is 12.0. The fourth-order valence-electron chi connectivity index (χ4n) is 2.27. The summed E-state index contributed by atoms with van der Waals surface area (Å²) in [5.74, 6) is -0.226. The highest BCUT2D eigenvalue weighted by Gasteiger charge is 2.19. The molecule has 1 aliphatic heterocycles. The lowest BCUT2D eigenvalue weighted by Gasteiger charge is -2.23. The summed E-state index contributed by atoms with van der Waals surface area (Å²) in [5.41, 5.74) is 6.37. The molecule has 0 saturated carbocycles. The minimum absolute atomic E-state index is 0.181. The van der Waals surface area contributed by atoms with Crippen molar-refractivity contribution in [1.82, 2.24) is 15.2 Å². The van der Waals surface area contributed by atoms with Gasteiger partial charge in [0.2, 0.25) is 0 Å². The Bertz CT molecular complexity index is 460. The Hall–Kier alpha value is -1.33. The summed E-state index contributed by atoms with van der Waals surface area (Å²) >= 11 is 5.90. The van der Waals surface area contributed by atoms with Gasteiger partial charge in [-0.25, -0.2) is 4.98 Å². The molecule has 1 fully saturated rings. The first kappa shape index (κ1) is 14.1. The standard InChI is InChI=1S/C13H19ClN4O/c1-9(18-4-2-3-5-18)7-17-13(19)11-6-10(15)8-16-12(11)14/h6,8-9H,2-5,7,15H2,1H3,(H,17,19). The number of nitrogens with zero attached hydrogens (tertiary/aromatic N) is 2. The summed E-state index contributed by atoms with van der Waals surface area (Å²) in [6, 6.07) is 1.88. The molecule has 1 unspecified atom stereocenters. The van der Waals surface area contributed by atoms with E-state index in [1.54, 1.807) is 6.07 Å². The van der Waals surface area contributed by atoms with Gasteiger partial charge in [-0.2, -0.15) is 0 Å². The molecular weight excluding hydrogens is 264 g/mol. The van der Waals surface area contributed by atoms with Crippen LogP contribution in [0.2, 0.25) is 5.15 Å². The summed E-state index contributed by atoms with van der Waals surface area (Å²) in [5, 5.41) is 3.06. The predicted octanol–water partition coefficient (Wildman–Crippen LogP) is 1.53. The molecule has 19 heavy (non-hydrogen) atoms. The van der Waals surface area contributed by atoms with Crippen LogP contribution in [-0.2, 0) is 0 Å². The van der Waals surface area contributed by atoms with Crippen molar-refractivity contribution in [3.8, 4) is 0 Å². The molecule has 1 saturated heterocycles. The maximum Gasteiger partial charge on any atom is 0.254 e. The molecule has 1 atom stereocenters. The van der Waals surface area contributed by atoms with Gasteiger partial charge in [0.05, 0.1) is 17.4 Å². The summed E-state index contributed by atoms with van der Waals surface area (Å²) in [4.78, 5) is 18.3. The quantitative estimate of drug-likeness (QED) is 0.822. The van der Waals surface area contributed by atoms with Gasteiger partial charge < -0.3 is 11.1 Å². The van der Waals surface area contributed by atoms with Crippen LogP contribution in [0.4, 0.5) is 5.69 Å². The SMILES string of the molecule is CC(CNC(=O)c1cc(N)cnc1Cl)N1CCCC1. The molecule has 0 aliphatic carbocycles. The molecule has 1 aliphatic rings. The second kappa shape index (κ2) is 6.21. The number of pyridine rings is 1. The van der Waals surface area contributed by atoms with Crippen LogP contribution in [0.15, 0.2) is 12.3 Å². The van der Waals surface area contributed by atoms with E-state index in [2.05, 4.69) is 22.1 Å². The van der Waals surface area contributed by atoms with Gasteiger partial charge in [0, 0.05) is 12.6 Å². The van der Waals surface area contributed by atoms with Crippen molar-refractivity contribution >= 4 is 23.2 Å². The molecule has 0 bridgehead atoms. The van der Waals surface area contributed by atoms with Crippen LogP contribution in [-0.4, -0.2) is 41.5 Å². The van der Waals surface area contributed by atoms with E-state index in [1.165, 1.54) is 19.0 Å². The first-order chi connectivity index (χ1) is 9.08. The number of nitrogens with two attached hydrogens (primary N) is 1. The van der Waals surface area contributed by atoms with E-state index in [4.69, 9.17) is 17.3 Å². The monoisotopic (exact) mass is 282 g/mol. The lowest BCUT2D eigenvalue weighted by Crippen LogP contribution is -2.40. The number of likely N-dealkylation sites (tertiary alicyclic amines) is 1. The second-order valence-electron chi connectivity index (χ2n) is 4.91. The van der Waals surface area contributed by atoms with Gasteiger partial charge >= 0.3 is 0 Å². The minimum atomic E-state index is -0.226. The van der Waals surface area contributed by atoms with Gasteiger partial charge in [-0.05, 0) is 38.9 Å². The highest BCUT2D eigenvalue weighted by Crippen LogP contribution is 2.15. The Morgan fingerprint density at radius 3 is 2.95 bits per heavy atom. The zero-order chi connectivity index (χ0) is 13.8. The summed E-state index contributed by atoms with van der Waals surface area (Å²) in [6.07, 6.45) is 3.92. The van der Waals surface area contributed by atoms with Crippen molar-refractivity contribution in [2.45, 2.75) is 25.8 Å².